The van der Waals surface area contributed by atoms with Gasteiger partial charge < -0.3 is 10.2 Å². The van der Waals surface area contributed by atoms with Crippen molar-refractivity contribution < 1.29 is 0 Å². The molecule has 0 bridgehead atoms. The van der Waals surface area contributed by atoms with Gasteiger partial charge >= 0.3 is 0 Å². The minimum Gasteiger partial charge on any atom is -0.340 e. The fourth-order valence-corrected chi connectivity index (χ4v) is 4.14. The van der Waals surface area contributed by atoms with Gasteiger partial charge in [0.2, 0.25) is 5.95 Å². The highest BCUT2D eigenvalue weighted by Gasteiger charge is 2.23. The van der Waals surface area contributed by atoms with Gasteiger partial charge in [0.05, 0.1) is 0 Å². The lowest BCUT2D eigenvalue weighted by atomic mass is 10.0. The van der Waals surface area contributed by atoms with Crippen LogP contribution in [-0.4, -0.2) is 57.4 Å². The lowest BCUT2D eigenvalue weighted by Crippen LogP contribution is -2.44. The SMILES string of the molecule is Cn1nnnc1N1CCC(NCC2CCSC2)CC1. The van der Waals surface area contributed by atoms with Crippen LogP contribution in [0.3, 0.4) is 0 Å². The van der Waals surface area contributed by atoms with Gasteiger partial charge in [0.25, 0.3) is 0 Å². The van der Waals surface area contributed by atoms with Crippen LogP contribution >= 0.6 is 11.8 Å². The molecular weight excluding hydrogens is 260 g/mol. The minimum absolute atomic E-state index is 0.669. The molecule has 0 saturated carbocycles. The van der Waals surface area contributed by atoms with Gasteiger partial charge in [-0.2, -0.15) is 11.8 Å². The number of aryl methyl sites for hydroxylation is 1. The number of nitrogens with one attached hydrogen (secondary N) is 1. The van der Waals surface area contributed by atoms with Gasteiger partial charge in [0.1, 0.15) is 0 Å². The van der Waals surface area contributed by atoms with Crippen LogP contribution in [-0.2, 0) is 7.05 Å². The summed E-state index contributed by atoms with van der Waals surface area (Å²) in [5.41, 5.74) is 0. The summed E-state index contributed by atoms with van der Waals surface area (Å²) >= 11 is 2.10. The molecule has 2 saturated heterocycles. The second-order valence-corrected chi connectivity index (χ2v) is 6.65. The average molecular weight is 282 g/mol. The zero-order valence-electron chi connectivity index (χ0n) is 11.5. The Hall–Kier alpha value is -0.820. The predicted octanol–water partition coefficient (Wildman–Crippen LogP) is 0.522. The molecule has 2 aliphatic heterocycles. The van der Waals surface area contributed by atoms with E-state index in [0.29, 0.717) is 6.04 Å². The van der Waals surface area contributed by atoms with Crippen molar-refractivity contribution in [3.05, 3.63) is 0 Å². The van der Waals surface area contributed by atoms with Crippen molar-refractivity contribution in [1.29, 1.82) is 0 Å². The number of aromatic nitrogens is 4. The Bertz CT molecular complexity index is 395. The summed E-state index contributed by atoms with van der Waals surface area (Å²) in [5, 5.41) is 15.4. The number of anilines is 1. The van der Waals surface area contributed by atoms with Crippen molar-refractivity contribution in [2.45, 2.75) is 25.3 Å². The van der Waals surface area contributed by atoms with Gasteiger partial charge in [-0.3, -0.25) is 0 Å². The quantitative estimate of drug-likeness (QED) is 0.869. The van der Waals surface area contributed by atoms with Crippen LogP contribution in [0.1, 0.15) is 19.3 Å². The van der Waals surface area contributed by atoms with Gasteiger partial charge in [0, 0.05) is 26.2 Å². The number of thioether (sulfide) groups is 1. The van der Waals surface area contributed by atoms with Gasteiger partial charge in [-0.15, -0.1) is 0 Å². The molecule has 19 heavy (non-hydrogen) atoms. The molecule has 2 aliphatic rings. The Kier molecular flexibility index (Phi) is 4.22. The molecule has 3 rings (SSSR count). The van der Waals surface area contributed by atoms with E-state index < -0.39 is 0 Å². The van der Waals surface area contributed by atoms with Gasteiger partial charge in [0.15, 0.2) is 0 Å². The molecule has 1 aromatic heterocycles. The fraction of sp³-hybridized carbons (Fsp3) is 0.917. The van der Waals surface area contributed by atoms with Crippen molar-refractivity contribution >= 4 is 17.7 Å². The van der Waals surface area contributed by atoms with E-state index in [2.05, 4.69) is 37.5 Å². The largest absolute Gasteiger partial charge is 0.340 e. The van der Waals surface area contributed by atoms with Gasteiger partial charge in [-0.1, -0.05) is 5.10 Å². The van der Waals surface area contributed by atoms with Crippen LogP contribution in [0.15, 0.2) is 0 Å². The fourth-order valence-electron chi connectivity index (χ4n) is 2.85. The number of hydrogen-bond donors (Lipinski definition) is 1. The topological polar surface area (TPSA) is 58.9 Å². The van der Waals surface area contributed by atoms with E-state index in [9.17, 15) is 0 Å². The molecule has 6 nitrogen and oxygen atoms in total. The molecule has 1 atom stereocenters. The third-order valence-corrected chi connectivity index (χ3v) is 5.33. The molecule has 3 heterocycles. The highest BCUT2D eigenvalue weighted by molar-refractivity contribution is 7.99. The summed E-state index contributed by atoms with van der Waals surface area (Å²) in [5.74, 6) is 4.48. The predicted molar refractivity (Wildman–Crippen MR) is 77.5 cm³/mol. The number of rotatable bonds is 4. The normalized spacial score (nSPS) is 25.1. The lowest BCUT2D eigenvalue weighted by Gasteiger charge is -2.32. The van der Waals surface area contributed by atoms with E-state index in [1.54, 1.807) is 4.68 Å². The zero-order valence-corrected chi connectivity index (χ0v) is 12.3. The third kappa shape index (κ3) is 3.20. The monoisotopic (exact) mass is 282 g/mol. The summed E-state index contributed by atoms with van der Waals surface area (Å²) < 4.78 is 1.75. The highest BCUT2D eigenvalue weighted by Crippen LogP contribution is 2.23. The van der Waals surface area contributed by atoms with Crippen molar-refractivity contribution in [2.75, 3.05) is 36.0 Å². The van der Waals surface area contributed by atoms with Crippen LogP contribution < -0.4 is 10.2 Å². The van der Waals surface area contributed by atoms with Crippen molar-refractivity contribution in [3.63, 3.8) is 0 Å². The van der Waals surface area contributed by atoms with E-state index in [1.165, 1.54) is 37.3 Å². The molecule has 0 amide bonds. The first-order valence-electron chi connectivity index (χ1n) is 7.11. The Labute approximate surface area is 118 Å². The summed E-state index contributed by atoms with van der Waals surface area (Å²) in [6, 6.07) is 0.669. The molecule has 1 aromatic rings. The Morgan fingerprint density at radius 1 is 1.32 bits per heavy atom. The third-order valence-electron chi connectivity index (χ3n) is 4.09. The first-order chi connectivity index (χ1) is 9.33. The Morgan fingerprint density at radius 2 is 2.16 bits per heavy atom. The van der Waals surface area contributed by atoms with Gasteiger partial charge in [-0.25, -0.2) is 4.68 Å². The minimum atomic E-state index is 0.669. The van der Waals surface area contributed by atoms with Gasteiger partial charge in [-0.05, 0) is 53.7 Å². The number of piperidine rings is 1. The van der Waals surface area contributed by atoms with Crippen LogP contribution in [0.4, 0.5) is 5.95 Å². The number of tetrazole rings is 1. The molecule has 1 unspecified atom stereocenters. The first-order valence-corrected chi connectivity index (χ1v) is 8.27. The number of hydrogen-bond acceptors (Lipinski definition) is 6. The second-order valence-electron chi connectivity index (χ2n) is 5.50. The lowest BCUT2D eigenvalue weighted by molar-refractivity contribution is 0.383. The van der Waals surface area contributed by atoms with Crippen LogP contribution in [0.5, 0.6) is 0 Å². The molecule has 0 aliphatic carbocycles. The Balaban J connectivity index is 1.43. The molecule has 7 heteroatoms. The van der Waals surface area contributed by atoms with E-state index >= 15 is 0 Å². The molecule has 2 fully saturated rings. The van der Waals surface area contributed by atoms with Crippen LogP contribution in [0.2, 0.25) is 0 Å². The van der Waals surface area contributed by atoms with Crippen LogP contribution in [0, 0.1) is 5.92 Å². The standard InChI is InChI=1S/C12H22N6S/c1-17-12(14-15-16-17)18-5-2-11(3-6-18)13-8-10-4-7-19-9-10/h10-11,13H,2-9H2,1H3. The molecule has 0 aromatic carbocycles. The molecule has 0 spiro atoms. The molecule has 1 N–H and O–H groups in total. The van der Waals surface area contributed by atoms with Crippen molar-refractivity contribution in [1.82, 2.24) is 25.5 Å². The summed E-state index contributed by atoms with van der Waals surface area (Å²) in [6.45, 7) is 3.29. The molecule has 106 valence electrons. The van der Waals surface area contributed by atoms with E-state index in [0.717, 1.165) is 25.0 Å². The number of nitrogens with zero attached hydrogens (tertiary/aromatic N) is 5. The summed E-state index contributed by atoms with van der Waals surface area (Å²) in [6.07, 6.45) is 3.76. The highest BCUT2D eigenvalue weighted by atomic mass is 32.2. The maximum absolute atomic E-state index is 4.08. The smallest absolute Gasteiger partial charge is 0.245 e. The Morgan fingerprint density at radius 3 is 2.79 bits per heavy atom. The maximum Gasteiger partial charge on any atom is 0.245 e. The zero-order chi connectivity index (χ0) is 13.1. The van der Waals surface area contributed by atoms with Crippen LogP contribution in [0.25, 0.3) is 0 Å². The van der Waals surface area contributed by atoms with E-state index in [1.807, 2.05) is 7.05 Å². The van der Waals surface area contributed by atoms with Crippen molar-refractivity contribution in [3.8, 4) is 0 Å². The molecule has 0 radical (unpaired) electrons. The molecular formula is C12H22N6S. The summed E-state index contributed by atoms with van der Waals surface area (Å²) in [4.78, 5) is 2.28. The second kappa shape index (κ2) is 6.09. The van der Waals surface area contributed by atoms with E-state index in [-0.39, 0.29) is 0 Å². The average Bonchev–Trinajstić information content (AvgIpc) is 3.08. The summed E-state index contributed by atoms with van der Waals surface area (Å²) in [7, 11) is 1.90. The first kappa shape index (κ1) is 13.2. The maximum atomic E-state index is 4.08. The van der Waals surface area contributed by atoms with E-state index in [4.69, 9.17) is 0 Å². The van der Waals surface area contributed by atoms with Crippen molar-refractivity contribution in [2.24, 2.45) is 13.0 Å².